The summed E-state index contributed by atoms with van der Waals surface area (Å²) in [5, 5.41) is 9.53. The summed E-state index contributed by atoms with van der Waals surface area (Å²) < 4.78 is 26.0. The van der Waals surface area contributed by atoms with Gasteiger partial charge in [0.05, 0.1) is 0 Å². The molecule has 2 rings (SSSR count). The maximum absolute atomic E-state index is 13.0. The molecule has 4 nitrogen and oxygen atoms in total. The highest BCUT2D eigenvalue weighted by Crippen LogP contribution is 2.36. The van der Waals surface area contributed by atoms with Gasteiger partial charge in [-0.1, -0.05) is 13.3 Å². The Morgan fingerprint density at radius 2 is 2.21 bits per heavy atom. The molecule has 1 fully saturated rings. The van der Waals surface area contributed by atoms with Gasteiger partial charge in [0.15, 0.2) is 5.82 Å². The number of aromatic nitrogens is 2. The molecule has 6 heteroatoms. The van der Waals surface area contributed by atoms with Gasteiger partial charge in [0.1, 0.15) is 0 Å². The molecule has 106 valence electrons. The number of nitrogens with one attached hydrogen (secondary N) is 2. The number of carbonyl (C=O) groups excluding carboxylic acids is 1. The lowest BCUT2D eigenvalue weighted by molar-refractivity contribution is -0.124. The second-order valence-corrected chi connectivity index (χ2v) is 5.15. The lowest BCUT2D eigenvalue weighted by atomic mass is 9.86. The van der Waals surface area contributed by atoms with Crippen LogP contribution in [0.4, 0.5) is 14.6 Å². The van der Waals surface area contributed by atoms with Gasteiger partial charge in [-0.3, -0.25) is 9.89 Å². The first-order valence-electron chi connectivity index (χ1n) is 6.73. The third-order valence-electron chi connectivity index (χ3n) is 3.49. The molecule has 0 saturated heterocycles. The molecule has 0 unspecified atom stereocenters. The number of aryl methyl sites for hydroxylation is 1. The van der Waals surface area contributed by atoms with Gasteiger partial charge in [-0.2, -0.15) is 5.10 Å². The van der Waals surface area contributed by atoms with Crippen LogP contribution >= 0.6 is 0 Å². The standard InChI is InChI=1S/C13H19F2N3O/c1-2-3-10-8-11(18-17-10)16-12(19)9-4-6-13(14,15)7-5-9/h8-9H,2-7H2,1H3,(H2,16,17,18,19). The topological polar surface area (TPSA) is 57.8 Å². The molecule has 1 aromatic rings. The molecule has 1 amide bonds. The van der Waals surface area contributed by atoms with Crippen LogP contribution in [0.1, 0.15) is 44.7 Å². The normalized spacial score (nSPS) is 19.3. The van der Waals surface area contributed by atoms with Gasteiger partial charge in [0.25, 0.3) is 0 Å². The van der Waals surface area contributed by atoms with Crippen molar-refractivity contribution in [1.82, 2.24) is 10.2 Å². The highest BCUT2D eigenvalue weighted by molar-refractivity contribution is 5.91. The van der Waals surface area contributed by atoms with E-state index in [2.05, 4.69) is 22.4 Å². The highest BCUT2D eigenvalue weighted by atomic mass is 19.3. The van der Waals surface area contributed by atoms with Gasteiger partial charge >= 0.3 is 0 Å². The van der Waals surface area contributed by atoms with Gasteiger partial charge < -0.3 is 5.32 Å². The average molecular weight is 271 g/mol. The minimum absolute atomic E-state index is 0.202. The summed E-state index contributed by atoms with van der Waals surface area (Å²) in [6.07, 6.45) is 1.95. The summed E-state index contributed by atoms with van der Waals surface area (Å²) in [6.45, 7) is 2.06. The van der Waals surface area contributed by atoms with Crippen molar-refractivity contribution >= 4 is 11.7 Å². The number of nitrogens with zero attached hydrogens (tertiary/aromatic N) is 1. The first-order valence-corrected chi connectivity index (χ1v) is 6.73. The molecule has 1 heterocycles. The van der Waals surface area contributed by atoms with Crippen LogP contribution in [-0.4, -0.2) is 22.0 Å². The summed E-state index contributed by atoms with van der Waals surface area (Å²) in [4.78, 5) is 11.9. The Morgan fingerprint density at radius 3 is 2.84 bits per heavy atom. The van der Waals surface area contributed by atoms with E-state index in [9.17, 15) is 13.6 Å². The van der Waals surface area contributed by atoms with E-state index in [1.165, 1.54) is 0 Å². The van der Waals surface area contributed by atoms with E-state index in [1.807, 2.05) is 0 Å². The summed E-state index contributed by atoms with van der Waals surface area (Å²) in [6, 6.07) is 1.79. The predicted molar refractivity (Wildman–Crippen MR) is 68.1 cm³/mol. The Balaban J connectivity index is 1.87. The lowest BCUT2D eigenvalue weighted by Crippen LogP contribution is -2.31. The summed E-state index contributed by atoms with van der Waals surface area (Å²) in [7, 11) is 0. The number of alkyl halides is 2. The maximum Gasteiger partial charge on any atom is 0.248 e. The summed E-state index contributed by atoms with van der Waals surface area (Å²) in [5.74, 6) is -2.65. The number of hydrogen-bond acceptors (Lipinski definition) is 2. The Hall–Kier alpha value is -1.46. The number of anilines is 1. The largest absolute Gasteiger partial charge is 0.309 e. The highest BCUT2D eigenvalue weighted by Gasteiger charge is 2.37. The molecule has 19 heavy (non-hydrogen) atoms. The van der Waals surface area contributed by atoms with Crippen LogP contribution in [-0.2, 0) is 11.2 Å². The van der Waals surface area contributed by atoms with E-state index in [0.29, 0.717) is 5.82 Å². The Labute approximate surface area is 111 Å². The van der Waals surface area contributed by atoms with Crippen LogP contribution in [0.3, 0.4) is 0 Å². The molecule has 0 radical (unpaired) electrons. The minimum atomic E-state index is -2.60. The van der Waals surface area contributed by atoms with Gasteiger partial charge in [-0.05, 0) is 19.3 Å². The number of H-pyrrole nitrogens is 1. The summed E-state index contributed by atoms with van der Waals surface area (Å²) >= 11 is 0. The third kappa shape index (κ3) is 3.75. The van der Waals surface area contributed by atoms with Crippen molar-refractivity contribution in [2.45, 2.75) is 51.4 Å². The third-order valence-corrected chi connectivity index (χ3v) is 3.49. The smallest absolute Gasteiger partial charge is 0.248 e. The lowest BCUT2D eigenvalue weighted by Gasteiger charge is -2.27. The predicted octanol–water partition coefficient (Wildman–Crippen LogP) is 3.13. The van der Waals surface area contributed by atoms with E-state index >= 15 is 0 Å². The molecular formula is C13H19F2N3O. The van der Waals surface area contributed by atoms with Crippen molar-refractivity contribution < 1.29 is 13.6 Å². The SMILES string of the molecule is CCCc1cc(NC(=O)C2CCC(F)(F)CC2)n[nH]1. The van der Waals surface area contributed by atoms with Crippen LogP contribution in [0, 0.1) is 5.92 Å². The number of hydrogen-bond donors (Lipinski definition) is 2. The molecule has 0 aliphatic heterocycles. The van der Waals surface area contributed by atoms with Gasteiger partial charge in [0, 0.05) is 30.5 Å². The maximum atomic E-state index is 13.0. The number of aromatic amines is 1. The second kappa shape index (κ2) is 5.67. The van der Waals surface area contributed by atoms with E-state index < -0.39 is 5.92 Å². The summed E-state index contributed by atoms with van der Waals surface area (Å²) in [5.41, 5.74) is 0.966. The molecular weight excluding hydrogens is 252 g/mol. The fraction of sp³-hybridized carbons (Fsp3) is 0.692. The van der Waals surface area contributed by atoms with Crippen molar-refractivity contribution in [2.75, 3.05) is 5.32 Å². The van der Waals surface area contributed by atoms with Crippen molar-refractivity contribution in [2.24, 2.45) is 5.92 Å². The van der Waals surface area contributed by atoms with Crippen LogP contribution in [0.15, 0.2) is 6.07 Å². The fourth-order valence-corrected chi connectivity index (χ4v) is 2.35. The van der Waals surface area contributed by atoms with Crippen LogP contribution in [0.5, 0.6) is 0 Å². The van der Waals surface area contributed by atoms with Crippen LogP contribution < -0.4 is 5.32 Å². The molecule has 0 atom stereocenters. The van der Waals surface area contributed by atoms with Gasteiger partial charge in [-0.15, -0.1) is 0 Å². The average Bonchev–Trinajstić information content (AvgIpc) is 2.77. The zero-order valence-corrected chi connectivity index (χ0v) is 11.0. The quantitative estimate of drug-likeness (QED) is 0.884. The number of amides is 1. The van der Waals surface area contributed by atoms with Crippen molar-refractivity contribution in [3.05, 3.63) is 11.8 Å². The van der Waals surface area contributed by atoms with Gasteiger partial charge in [0.2, 0.25) is 11.8 Å². The molecule has 1 aliphatic carbocycles. The molecule has 0 spiro atoms. The zero-order chi connectivity index (χ0) is 13.9. The van der Waals surface area contributed by atoms with Crippen LogP contribution in [0.25, 0.3) is 0 Å². The Morgan fingerprint density at radius 1 is 1.53 bits per heavy atom. The minimum Gasteiger partial charge on any atom is -0.309 e. The van der Waals surface area contributed by atoms with E-state index in [-0.39, 0.29) is 37.5 Å². The van der Waals surface area contributed by atoms with E-state index in [0.717, 1.165) is 18.5 Å². The number of rotatable bonds is 4. The monoisotopic (exact) mass is 271 g/mol. The fourth-order valence-electron chi connectivity index (χ4n) is 2.35. The molecule has 2 N–H and O–H groups in total. The van der Waals surface area contributed by atoms with Crippen molar-refractivity contribution in [3.8, 4) is 0 Å². The van der Waals surface area contributed by atoms with Crippen molar-refractivity contribution in [3.63, 3.8) is 0 Å². The second-order valence-electron chi connectivity index (χ2n) is 5.15. The van der Waals surface area contributed by atoms with E-state index in [1.54, 1.807) is 6.07 Å². The van der Waals surface area contributed by atoms with Crippen LogP contribution in [0.2, 0.25) is 0 Å². The van der Waals surface area contributed by atoms with Gasteiger partial charge in [-0.25, -0.2) is 8.78 Å². The molecule has 0 aromatic carbocycles. The molecule has 1 aliphatic rings. The first-order chi connectivity index (χ1) is 9.00. The molecule has 0 bridgehead atoms. The van der Waals surface area contributed by atoms with E-state index in [4.69, 9.17) is 0 Å². The Kier molecular flexibility index (Phi) is 4.17. The molecule has 1 saturated carbocycles. The first kappa shape index (κ1) is 14.0. The Bertz CT molecular complexity index is 435. The zero-order valence-electron chi connectivity index (χ0n) is 11.0. The number of halogens is 2. The molecule has 1 aromatic heterocycles. The number of carbonyl (C=O) groups is 1. The van der Waals surface area contributed by atoms with Crippen molar-refractivity contribution in [1.29, 1.82) is 0 Å².